The van der Waals surface area contributed by atoms with Gasteiger partial charge >= 0.3 is 0 Å². The molecule has 0 saturated heterocycles. The van der Waals surface area contributed by atoms with Crippen molar-refractivity contribution in [2.75, 3.05) is 0 Å². The fraction of sp³-hybridized carbons (Fsp3) is 0.200. The van der Waals surface area contributed by atoms with Crippen molar-refractivity contribution in [3.8, 4) is 0 Å². The molecule has 0 radical (unpaired) electrons. The Morgan fingerprint density at radius 2 is 1.80 bits per heavy atom. The van der Waals surface area contributed by atoms with Gasteiger partial charge in [-0.25, -0.2) is 13.2 Å². The summed E-state index contributed by atoms with van der Waals surface area (Å²) >= 11 is 2.96. The van der Waals surface area contributed by atoms with E-state index in [0.717, 1.165) is 6.07 Å². The van der Waals surface area contributed by atoms with Gasteiger partial charge in [-0.15, -0.1) is 0 Å². The monoisotopic (exact) mass is 344 g/mol. The smallest absolute Gasteiger partial charge is 0.143 e. The van der Waals surface area contributed by atoms with Crippen LogP contribution in [0.3, 0.4) is 0 Å². The van der Waals surface area contributed by atoms with Crippen molar-refractivity contribution in [1.82, 2.24) is 0 Å². The highest BCUT2D eigenvalue weighted by molar-refractivity contribution is 9.10. The van der Waals surface area contributed by atoms with E-state index < -0.39 is 23.6 Å². The molecule has 0 amide bonds. The van der Waals surface area contributed by atoms with E-state index in [4.69, 9.17) is 0 Å². The second-order valence-electron chi connectivity index (χ2n) is 4.52. The number of aryl methyl sites for hydroxylation is 1. The van der Waals surface area contributed by atoms with Crippen LogP contribution in [0.4, 0.5) is 13.2 Å². The molecule has 106 valence electrons. The second kappa shape index (κ2) is 5.97. The zero-order valence-corrected chi connectivity index (χ0v) is 12.2. The Kier molecular flexibility index (Phi) is 4.50. The molecular formula is C15H12BrF3O. The third-order valence-electron chi connectivity index (χ3n) is 3.12. The van der Waals surface area contributed by atoms with Gasteiger partial charge < -0.3 is 5.11 Å². The Morgan fingerprint density at radius 1 is 1.10 bits per heavy atom. The van der Waals surface area contributed by atoms with Crippen molar-refractivity contribution in [3.05, 3.63) is 68.9 Å². The topological polar surface area (TPSA) is 20.2 Å². The van der Waals surface area contributed by atoms with Gasteiger partial charge in [-0.3, -0.25) is 0 Å². The Bertz CT molecular complexity index is 643. The summed E-state index contributed by atoms with van der Waals surface area (Å²) in [4.78, 5) is 0. The van der Waals surface area contributed by atoms with E-state index in [1.807, 2.05) is 0 Å². The molecule has 0 aliphatic rings. The molecule has 0 aliphatic carbocycles. The lowest BCUT2D eigenvalue weighted by molar-refractivity contribution is 0.170. The molecule has 0 aliphatic heterocycles. The van der Waals surface area contributed by atoms with Crippen LogP contribution >= 0.6 is 15.9 Å². The zero-order valence-electron chi connectivity index (χ0n) is 10.6. The summed E-state index contributed by atoms with van der Waals surface area (Å²) < 4.78 is 41.4. The Labute approximate surface area is 123 Å². The molecule has 0 aromatic heterocycles. The van der Waals surface area contributed by atoms with Gasteiger partial charge in [-0.2, -0.15) is 0 Å². The molecule has 1 atom stereocenters. The average Bonchev–Trinajstić information content (AvgIpc) is 2.42. The van der Waals surface area contributed by atoms with Crippen LogP contribution in [-0.4, -0.2) is 5.11 Å². The van der Waals surface area contributed by atoms with E-state index >= 15 is 0 Å². The van der Waals surface area contributed by atoms with Gasteiger partial charge in [0.05, 0.1) is 10.6 Å². The summed E-state index contributed by atoms with van der Waals surface area (Å²) in [5.41, 5.74) is 0.133. The lowest BCUT2D eigenvalue weighted by Gasteiger charge is -2.14. The summed E-state index contributed by atoms with van der Waals surface area (Å²) in [7, 11) is 0. The molecule has 0 fully saturated rings. The normalized spacial score (nSPS) is 12.5. The predicted molar refractivity (Wildman–Crippen MR) is 73.9 cm³/mol. The average molecular weight is 345 g/mol. The molecule has 0 bridgehead atoms. The van der Waals surface area contributed by atoms with Gasteiger partial charge in [0.25, 0.3) is 0 Å². The van der Waals surface area contributed by atoms with Crippen LogP contribution in [0.25, 0.3) is 0 Å². The van der Waals surface area contributed by atoms with E-state index in [9.17, 15) is 18.3 Å². The lowest BCUT2D eigenvalue weighted by Crippen LogP contribution is -2.08. The van der Waals surface area contributed by atoms with Crippen LogP contribution < -0.4 is 0 Å². The number of benzene rings is 2. The van der Waals surface area contributed by atoms with E-state index in [1.54, 1.807) is 19.1 Å². The van der Waals surface area contributed by atoms with Gasteiger partial charge in [0.15, 0.2) is 0 Å². The molecular weight excluding hydrogens is 333 g/mol. The lowest BCUT2D eigenvalue weighted by atomic mass is 9.98. The SMILES string of the molecule is Cc1cccc(C(O)Cc2c(F)ccc(Br)c2F)c1F. The highest BCUT2D eigenvalue weighted by atomic mass is 79.9. The van der Waals surface area contributed by atoms with Crippen LogP contribution in [-0.2, 0) is 6.42 Å². The highest BCUT2D eigenvalue weighted by Crippen LogP contribution is 2.28. The first-order valence-electron chi connectivity index (χ1n) is 5.97. The first-order valence-corrected chi connectivity index (χ1v) is 6.76. The summed E-state index contributed by atoms with van der Waals surface area (Å²) in [6, 6.07) is 6.90. The number of hydrogen-bond donors (Lipinski definition) is 1. The predicted octanol–water partition coefficient (Wildman–Crippen LogP) is 4.45. The number of aliphatic hydroxyl groups excluding tert-OH is 1. The van der Waals surface area contributed by atoms with Crippen LogP contribution in [0.5, 0.6) is 0 Å². The maximum atomic E-state index is 13.9. The molecule has 20 heavy (non-hydrogen) atoms. The molecule has 2 aromatic carbocycles. The minimum atomic E-state index is -1.31. The van der Waals surface area contributed by atoms with Crippen molar-refractivity contribution < 1.29 is 18.3 Å². The Balaban J connectivity index is 2.35. The first kappa shape index (κ1) is 15.1. The number of hydrogen-bond acceptors (Lipinski definition) is 1. The van der Waals surface area contributed by atoms with Crippen molar-refractivity contribution in [3.63, 3.8) is 0 Å². The van der Waals surface area contributed by atoms with Gasteiger partial charge in [-0.05, 0) is 40.5 Å². The number of rotatable bonds is 3. The molecule has 0 saturated carbocycles. The fourth-order valence-corrected chi connectivity index (χ4v) is 2.36. The van der Waals surface area contributed by atoms with Gasteiger partial charge in [0.2, 0.25) is 0 Å². The van der Waals surface area contributed by atoms with E-state index in [2.05, 4.69) is 15.9 Å². The van der Waals surface area contributed by atoms with Crippen LogP contribution in [0.2, 0.25) is 0 Å². The van der Waals surface area contributed by atoms with Crippen LogP contribution in [0.1, 0.15) is 22.8 Å². The fourth-order valence-electron chi connectivity index (χ4n) is 1.99. The summed E-state index contributed by atoms with van der Waals surface area (Å²) in [6.07, 6.45) is -1.65. The minimum Gasteiger partial charge on any atom is -0.388 e. The van der Waals surface area contributed by atoms with Crippen molar-refractivity contribution in [1.29, 1.82) is 0 Å². The maximum absolute atomic E-state index is 13.9. The number of aliphatic hydroxyl groups is 1. The van der Waals surface area contributed by atoms with Crippen molar-refractivity contribution in [2.45, 2.75) is 19.4 Å². The van der Waals surface area contributed by atoms with Crippen LogP contribution in [0, 0.1) is 24.4 Å². The van der Waals surface area contributed by atoms with E-state index in [-0.39, 0.29) is 22.0 Å². The second-order valence-corrected chi connectivity index (χ2v) is 5.37. The standard InChI is InChI=1S/C15H12BrF3O/c1-8-3-2-4-9(14(8)18)13(20)7-10-12(17)6-5-11(16)15(10)19/h2-6,13,20H,7H2,1H3. The molecule has 1 N–H and O–H groups in total. The van der Waals surface area contributed by atoms with Gasteiger partial charge in [-0.1, -0.05) is 18.2 Å². The quantitative estimate of drug-likeness (QED) is 0.815. The largest absolute Gasteiger partial charge is 0.388 e. The Hall–Kier alpha value is -1.33. The molecule has 2 aromatic rings. The molecule has 2 rings (SSSR count). The van der Waals surface area contributed by atoms with Crippen molar-refractivity contribution in [2.24, 2.45) is 0 Å². The first-order chi connectivity index (χ1) is 9.41. The van der Waals surface area contributed by atoms with Gasteiger partial charge in [0, 0.05) is 17.5 Å². The summed E-state index contributed by atoms with van der Waals surface area (Å²) in [6.45, 7) is 1.56. The minimum absolute atomic E-state index is 0.0313. The maximum Gasteiger partial charge on any atom is 0.143 e. The molecule has 5 heteroatoms. The van der Waals surface area contributed by atoms with E-state index in [1.165, 1.54) is 12.1 Å². The molecule has 0 heterocycles. The van der Waals surface area contributed by atoms with Crippen molar-refractivity contribution >= 4 is 15.9 Å². The molecule has 0 spiro atoms. The van der Waals surface area contributed by atoms with Gasteiger partial charge in [0.1, 0.15) is 17.5 Å². The third-order valence-corrected chi connectivity index (χ3v) is 3.73. The number of halogens is 4. The molecule has 1 nitrogen and oxygen atoms in total. The zero-order chi connectivity index (χ0) is 14.9. The van der Waals surface area contributed by atoms with E-state index in [0.29, 0.717) is 5.56 Å². The summed E-state index contributed by atoms with van der Waals surface area (Å²) in [5, 5.41) is 10.0. The Morgan fingerprint density at radius 3 is 2.50 bits per heavy atom. The van der Waals surface area contributed by atoms with Crippen LogP contribution in [0.15, 0.2) is 34.8 Å². The summed E-state index contributed by atoms with van der Waals surface area (Å²) in [5.74, 6) is -2.11. The third kappa shape index (κ3) is 2.88. The highest BCUT2D eigenvalue weighted by Gasteiger charge is 2.20. The molecule has 1 unspecified atom stereocenters.